The van der Waals surface area contributed by atoms with Gasteiger partial charge in [-0.3, -0.25) is 4.79 Å². The van der Waals surface area contributed by atoms with E-state index in [2.05, 4.69) is 10.3 Å². The van der Waals surface area contributed by atoms with E-state index in [1.54, 1.807) is 4.90 Å². The average Bonchev–Trinajstić information content (AvgIpc) is 2.62. The summed E-state index contributed by atoms with van der Waals surface area (Å²) in [5, 5.41) is 2.62. The third kappa shape index (κ3) is 4.49. The molecule has 134 valence electrons. The fourth-order valence-corrected chi connectivity index (χ4v) is 2.39. The minimum Gasteiger partial charge on any atom is -0.352 e. The molecule has 0 saturated carbocycles. The Morgan fingerprint density at radius 2 is 1.72 bits per heavy atom. The maximum Gasteiger partial charge on any atom is 0.272 e. The van der Waals surface area contributed by atoms with E-state index in [0.29, 0.717) is 18.8 Å². The summed E-state index contributed by atoms with van der Waals surface area (Å²) < 4.78 is 39.9. The quantitative estimate of drug-likeness (QED) is 0.747. The average molecular weight is 351 g/mol. The van der Waals surface area contributed by atoms with Gasteiger partial charge in [-0.05, 0) is 37.1 Å². The lowest BCUT2D eigenvalue weighted by Crippen LogP contribution is -2.33. The van der Waals surface area contributed by atoms with Crippen molar-refractivity contribution in [2.45, 2.75) is 26.7 Å². The van der Waals surface area contributed by atoms with Gasteiger partial charge in [0, 0.05) is 13.1 Å². The molecule has 2 rings (SSSR count). The van der Waals surface area contributed by atoms with Gasteiger partial charge in [0.15, 0.2) is 17.5 Å². The molecule has 2 aromatic rings. The number of carbonyl (C=O) groups excluding carboxylic acids is 1. The fraction of sp³-hybridized carbons (Fsp3) is 0.333. The van der Waals surface area contributed by atoms with Crippen LogP contribution >= 0.6 is 0 Å². The first-order valence-electron chi connectivity index (χ1n) is 8.13. The Hall–Kier alpha value is -2.57. The van der Waals surface area contributed by atoms with Crippen LogP contribution in [0.1, 0.15) is 37.2 Å². The van der Waals surface area contributed by atoms with Crippen LogP contribution in [0.5, 0.6) is 0 Å². The molecule has 0 atom stereocenters. The highest BCUT2D eigenvalue weighted by Crippen LogP contribution is 2.23. The second-order valence-electron chi connectivity index (χ2n) is 5.57. The lowest BCUT2D eigenvalue weighted by atomic mass is 10.2. The summed E-state index contributed by atoms with van der Waals surface area (Å²) >= 11 is 0. The van der Waals surface area contributed by atoms with Crippen molar-refractivity contribution < 1.29 is 18.0 Å². The smallest absolute Gasteiger partial charge is 0.272 e. The molecular formula is C18H20F3N3O. The summed E-state index contributed by atoms with van der Waals surface area (Å²) in [6.45, 7) is 5.28. The minimum absolute atomic E-state index is 0.172. The summed E-state index contributed by atoms with van der Waals surface area (Å²) in [7, 11) is 0. The molecule has 1 amide bonds. The van der Waals surface area contributed by atoms with E-state index in [4.69, 9.17) is 0 Å². The van der Waals surface area contributed by atoms with Gasteiger partial charge in [-0.15, -0.1) is 0 Å². The van der Waals surface area contributed by atoms with Gasteiger partial charge in [-0.2, -0.15) is 0 Å². The van der Waals surface area contributed by atoms with Crippen molar-refractivity contribution in [3.8, 4) is 0 Å². The molecule has 0 aliphatic carbocycles. The predicted molar refractivity (Wildman–Crippen MR) is 90.3 cm³/mol. The lowest BCUT2D eigenvalue weighted by molar-refractivity contribution is 0.0749. The third-order valence-corrected chi connectivity index (χ3v) is 3.57. The van der Waals surface area contributed by atoms with Crippen molar-refractivity contribution in [2.75, 3.05) is 18.4 Å². The first-order valence-corrected chi connectivity index (χ1v) is 8.13. The molecule has 1 N–H and O–H groups in total. The number of rotatable bonds is 7. The zero-order chi connectivity index (χ0) is 18.4. The van der Waals surface area contributed by atoms with Crippen LogP contribution in [0, 0.1) is 17.5 Å². The number of halogens is 3. The second-order valence-corrected chi connectivity index (χ2v) is 5.57. The Bertz CT molecular complexity index is 729. The topological polar surface area (TPSA) is 45.2 Å². The van der Waals surface area contributed by atoms with Crippen LogP contribution in [0.2, 0.25) is 0 Å². The van der Waals surface area contributed by atoms with Gasteiger partial charge in [0.25, 0.3) is 5.91 Å². The standard InChI is InChI=1S/C18H20F3N3O/c1-3-9-24(10-4-2)18(25)15-7-5-12(11-22-15)23-14-8-6-13(19)16(20)17(14)21/h5-8,11,23H,3-4,9-10H2,1-2H3. The summed E-state index contributed by atoms with van der Waals surface area (Å²) in [5.74, 6) is -4.28. The van der Waals surface area contributed by atoms with Crippen molar-refractivity contribution >= 4 is 17.3 Å². The highest BCUT2D eigenvalue weighted by atomic mass is 19.2. The van der Waals surface area contributed by atoms with Crippen LogP contribution in [-0.2, 0) is 0 Å². The summed E-state index contributed by atoms with van der Waals surface area (Å²) in [6.07, 6.45) is 3.05. The van der Waals surface area contributed by atoms with Crippen molar-refractivity contribution in [1.29, 1.82) is 0 Å². The number of aromatic nitrogens is 1. The molecule has 1 aromatic heterocycles. The van der Waals surface area contributed by atoms with Gasteiger partial charge in [0.05, 0.1) is 17.6 Å². The number of carbonyl (C=O) groups is 1. The van der Waals surface area contributed by atoms with Crippen molar-refractivity contribution in [1.82, 2.24) is 9.88 Å². The van der Waals surface area contributed by atoms with Gasteiger partial charge in [0.1, 0.15) is 5.69 Å². The molecule has 0 spiro atoms. The molecule has 4 nitrogen and oxygen atoms in total. The Morgan fingerprint density at radius 1 is 1.04 bits per heavy atom. The SMILES string of the molecule is CCCN(CCC)C(=O)c1ccc(Nc2ccc(F)c(F)c2F)cn1. The second kappa shape index (κ2) is 8.50. The van der Waals surface area contributed by atoms with Gasteiger partial charge < -0.3 is 10.2 Å². The maximum atomic E-state index is 13.7. The molecule has 0 bridgehead atoms. The monoisotopic (exact) mass is 351 g/mol. The lowest BCUT2D eigenvalue weighted by Gasteiger charge is -2.21. The van der Waals surface area contributed by atoms with Gasteiger partial charge in [0.2, 0.25) is 0 Å². The van der Waals surface area contributed by atoms with Crippen molar-refractivity contribution in [3.63, 3.8) is 0 Å². The first kappa shape index (κ1) is 18.8. The molecule has 0 unspecified atom stereocenters. The van der Waals surface area contributed by atoms with Crippen LogP contribution in [0.3, 0.4) is 0 Å². The van der Waals surface area contributed by atoms with E-state index in [1.165, 1.54) is 18.3 Å². The highest BCUT2D eigenvalue weighted by molar-refractivity contribution is 5.92. The van der Waals surface area contributed by atoms with E-state index >= 15 is 0 Å². The largest absolute Gasteiger partial charge is 0.352 e. The molecule has 1 heterocycles. The molecule has 0 saturated heterocycles. The van der Waals surface area contributed by atoms with Gasteiger partial charge in [-0.1, -0.05) is 13.8 Å². The van der Waals surface area contributed by atoms with Crippen LogP contribution in [-0.4, -0.2) is 28.9 Å². The number of hydrogen-bond donors (Lipinski definition) is 1. The summed E-state index contributed by atoms with van der Waals surface area (Å²) in [4.78, 5) is 18.2. The number of nitrogens with one attached hydrogen (secondary N) is 1. The number of anilines is 2. The van der Waals surface area contributed by atoms with Crippen LogP contribution < -0.4 is 5.32 Å². The Morgan fingerprint density at radius 3 is 2.28 bits per heavy atom. The molecule has 0 aliphatic rings. The fourth-order valence-electron chi connectivity index (χ4n) is 2.39. The Balaban J connectivity index is 2.14. The molecule has 0 radical (unpaired) electrons. The minimum atomic E-state index is -1.54. The van der Waals surface area contributed by atoms with Crippen LogP contribution in [0.4, 0.5) is 24.5 Å². The number of benzene rings is 1. The molecule has 7 heteroatoms. The predicted octanol–water partition coefficient (Wildman–Crippen LogP) is 4.50. The molecule has 0 fully saturated rings. The van der Waals surface area contributed by atoms with Crippen molar-refractivity contribution in [2.24, 2.45) is 0 Å². The molecular weight excluding hydrogens is 331 g/mol. The maximum absolute atomic E-state index is 13.7. The van der Waals surface area contributed by atoms with E-state index in [-0.39, 0.29) is 17.3 Å². The highest BCUT2D eigenvalue weighted by Gasteiger charge is 2.16. The first-order chi connectivity index (χ1) is 12.0. The van der Waals surface area contributed by atoms with Crippen LogP contribution in [0.25, 0.3) is 0 Å². The zero-order valence-corrected chi connectivity index (χ0v) is 14.2. The molecule has 0 aliphatic heterocycles. The Kier molecular flexibility index (Phi) is 6.38. The summed E-state index contributed by atoms with van der Waals surface area (Å²) in [5.41, 5.74) is 0.426. The van der Waals surface area contributed by atoms with Gasteiger partial charge >= 0.3 is 0 Å². The van der Waals surface area contributed by atoms with E-state index < -0.39 is 17.5 Å². The number of amides is 1. The van der Waals surface area contributed by atoms with E-state index in [0.717, 1.165) is 25.0 Å². The van der Waals surface area contributed by atoms with Crippen molar-refractivity contribution in [3.05, 3.63) is 53.6 Å². The third-order valence-electron chi connectivity index (χ3n) is 3.57. The van der Waals surface area contributed by atoms with Crippen LogP contribution in [0.15, 0.2) is 30.5 Å². The number of pyridine rings is 1. The summed E-state index contributed by atoms with van der Waals surface area (Å²) in [6, 6.07) is 4.98. The van der Waals surface area contributed by atoms with Gasteiger partial charge in [-0.25, -0.2) is 18.2 Å². The number of hydrogen-bond acceptors (Lipinski definition) is 3. The number of nitrogens with zero attached hydrogens (tertiary/aromatic N) is 2. The normalized spacial score (nSPS) is 10.6. The Labute approximate surface area is 144 Å². The molecule has 25 heavy (non-hydrogen) atoms. The molecule has 1 aromatic carbocycles. The van der Waals surface area contributed by atoms with E-state index in [1.807, 2.05) is 13.8 Å². The van der Waals surface area contributed by atoms with E-state index in [9.17, 15) is 18.0 Å². The zero-order valence-electron chi connectivity index (χ0n) is 14.2.